The minimum atomic E-state index is 0.0000543. The number of nitrogens with one attached hydrogen (secondary N) is 1. The molecule has 0 bridgehead atoms. The van der Waals surface area contributed by atoms with E-state index in [1.165, 1.54) is 5.56 Å². The van der Waals surface area contributed by atoms with E-state index in [1.54, 1.807) is 0 Å². The van der Waals surface area contributed by atoms with Gasteiger partial charge in [-0.25, -0.2) is 0 Å². The molecule has 1 unspecified atom stereocenters. The number of carbonyl (C=O) groups excluding carboxylic acids is 1. The van der Waals surface area contributed by atoms with Crippen molar-refractivity contribution in [2.45, 2.75) is 20.3 Å². The van der Waals surface area contributed by atoms with Gasteiger partial charge in [0.25, 0.3) is 5.91 Å². The molecule has 1 aromatic heterocycles. The number of hydrogen-bond donors (Lipinski definition) is 1. The maximum absolute atomic E-state index is 12.4. The van der Waals surface area contributed by atoms with Gasteiger partial charge in [-0.1, -0.05) is 18.2 Å². The molecule has 116 valence electrons. The van der Waals surface area contributed by atoms with E-state index in [2.05, 4.69) is 11.4 Å². The van der Waals surface area contributed by atoms with Crippen LogP contribution in [0.5, 0.6) is 5.75 Å². The van der Waals surface area contributed by atoms with E-state index in [4.69, 9.17) is 4.74 Å². The number of fused-ring (bicyclic) bond motifs is 1. The molecule has 0 aliphatic carbocycles. The second-order valence-corrected chi connectivity index (χ2v) is 6.04. The van der Waals surface area contributed by atoms with Crippen molar-refractivity contribution in [2.75, 3.05) is 13.2 Å². The molecule has 22 heavy (non-hydrogen) atoms. The largest absolute Gasteiger partial charge is 0.493 e. The van der Waals surface area contributed by atoms with Gasteiger partial charge in [0.2, 0.25) is 0 Å². The highest BCUT2D eigenvalue weighted by atomic mass is 16.5. The Kier molecular flexibility index (Phi) is 3.92. The molecule has 2 aromatic rings. The molecule has 0 saturated heterocycles. The van der Waals surface area contributed by atoms with Gasteiger partial charge in [-0.2, -0.15) is 0 Å². The van der Waals surface area contributed by atoms with Crippen LogP contribution < -0.4 is 10.1 Å². The number of aryl methyl sites for hydroxylation is 1. The van der Waals surface area contributed by atoms with Gasteiger partial charge >= 0.3 is 0 Å². The van der Waals surface area contributed by atoms with Crippen LogP contribution in [0.1, 0.15) is 27.3 Å². The van der Waals surface area contributed by atoms with Gasteiger partial charge < -0.3 is 14.6 Å². The number of carbonyl (C=O) groups is 1. The van der Waals surface area contributed by atoms with Gasteiger partial charge in [0.05, 0.1) is 12.2 Å². The number of hydrogen-bond acceptors (Lipinski definition) is 2. The average Bonchev–Trinajstić information content (AvgIpc) is 2.80. The molecular formula is C18H22N2O2. The van der Waals surface area contributed by atoms with Crippen molar-refractivity contribution in [2.24, 2.45) is 13.0 Å². The zero-order valence-corrected chi connectivity index (χ0v) is 13.3. The Balaban J connectivity index is 1.61. The third kappa shape index (κ3) is 2.73. The quantitative estimate of drug-likeness (QED) is 0.946. The number of rotatable bonds is 3. The van der Waals surface area contributed by atoms with Crippen molar-refractivity contribution < 1.29 is 9.53 Å². The second kappa shape index (κ2) is 5.87. The van der Waals surface area contributed by atoms with Gasteiger partial charge in [0, 0.05) is 30.9 Å². The van der Waals surface area contributed by atoms with E-state index < -0.39 is 0 Å². The first-order valence-corrected chi connectivity index (χ1v) is 7.68. The van der Waals surface area contributed by atoms with Gasteiger partial charge in [0.1, 0.15) is 5.75 Å². The smallest absolute Gasteiger partial charge is 0.253 e. The van der Waals surface area contributed by atoms with E-state index >= 15 is 0 Å². The Labute approximate surface area is 131 Å². The third-order valence-corrected chi connectivity index (χ3v) is 4.53. The number of aromatic nitrogens is 1. The Bertz CT molecular complexity index is 703. The molecule has 0 spiro atoms. The summed E-state index contributed by atoms with van der Waals surface area (Å²) >= 11 is 0. The molecule has 0 radical (unpaired) electrons. The van der Waals surface area contributed by atoms with E-state index in [9.17, 15) is 4.79 Å². The Morgan fingerprint density at radius 3 is 2.86 bits per heavy atom. The summed E-state index contributed by atoms with van der Waals surface area (Å²) in [5.41, 5.74) is 4.08. The molecule has 1 amide bonds. The van der Waals surface area contributed by atoms with E-state index in [0.29, 0.717) is 19.1 Å². The van der Waals surface area contributed by atoms with Crippen LogP contribution in [0, 0.1) is 19.8 Å². The van der Waals surface area contributed by atoms with E-state index in [1.807, 2.05) is 49.7 Å². The van der Waals surface area contributed by atoms with Crippen molar-refractivity contribution in [1.29, 1.82) is 0 Å². The predicted octanol–water partition coefficient (Wildman–Crippen LogP) is 2.62. The normalized spacial score (nSPS) is 16.8. The fourth-order valence-electron chi connectivity index (χ4n) is 2.94. The summed E-state index contributed by atoms with van der Waals surface area (Å²) in [7, 11) is 1.98. The Hall–Kier alpha value is -2.23. The Morgan fingerprint density at radius 2 is 2.14 bits per heavy atom. The van der Waals surface area contributed by atoms with Gasteiger partial charge in [0.15, 0.2) is 0 Å². The lowest BCUT2D eigenvalue weighted by Gasteiger charge is -2.25. The molecule has 3 rings (SSSR count). The zero-order valence-electron chi connectivity index (χ0n) is 13.3. The lowest BCUT2D eigenvalue weighted by Crippen LogP contribution is -2.35. The monoisotopic (exact) mass is 298 g/mol. The van der Waals surface area contributed by atoms with Crippen LogP contribution in [0.25, 0.3) is 0 Å². The van der Waals surface area contributed by atoms with Crippen molar-refractivity contribution in [1.82, 2.24) is 9.88 Å². The Morgan fingerprint density at radius 1 is 1.36 bits per heavy atom. The van der Waals surface area contributed by atoms with Crippen LogP contribution in [-0.2, 0) is 13.5 Å². The molecule has 1 aromatic carbocycles. The number of nitrogens with zero attached hydrogens (tertiary/aromatic N) is 1. The topological polar surface area (TPSA) is 43.3 Å². The molecular weight excluding hydrogens is 276 g/mol. The van der Waals surface area contributed by atoms with Crippen molar-refractivity contribution in [3.05, 3.63) is 52.8 Å². The van der Waals surface area contributed by atoms with Crippen LogP contribution in [0.15, 0.2) is 30.3 Å². The highest BCUT2D eigenvalue weighted by molar-refractivity contribution is 5.95. The lowest BCUT2D eigenvalue weighted by molar-refractivity contribution is 0.0938. The number of ether oxygens (including phenoxy) is 1. The van der Waals surface area contributed by atoms with Crippen molar-refractivity contribution in [3.63, 3.8) is 0 Å². The van der Waals surface area contributed by atoms with Gasteiger partial charge in [-0.15, -0.1) is 0 Å². The minimum absolute atomic E-state index is 0.0000543. The molecule has 1 aliphatic rings. The molecule has 1 atom stereocenters. The lowest BCUT2D eigenvalue weighted by atomic mass is 9.96. The molecule has 1 aliphatic heterocycles. The first-order chi connectivity index (χ1) is 10.6. The number of para-hydroxylation sites is 1. The molecule has 4 nitrogen and oxygen atoms in total. The van der Waals surface area contributed by atoms with Gasteiger partial charge in [-0.05, 0) is 38.0 Å². The van der Waals surface area contributed by atoms with Crippen LogP contribution in [0.2, 0.25) is 0 Å². The standard InChI is InChI=1S/C18H22N2O2/c1-12-8-16(13(2)20(12)3)18(21)19-10-14-9-15-6-4-5-7-17(15)22-11-14/h4-8,14H,9-11H2,1-3H3,(H,19,21). The molecule has 0 fully saturated rings. The molecule has 0 saturated carbocycles. The predicted molar refractivity (Wildman–Crippen MR) is 86.4 cm³/mol. The summed E-state index contributed by atoms with van der Waals surface area (Å²) in [6.07, 6.45) is 0.948. The van der Waals surface area contributed by atoms with Crippen LogP contribution in [0.4, 0.5) is 0 Å². The van der Waals surface area contributed by atoms with Crippen molar-refractivity contribution >= 4 is 5.91 Å². The first kappa shape index (κ1) is 14.7. The summed E-state index contributed by atoms with van der Waals surface area (Å²) in [5, 5.41) is 3.05. The highest BCUT2D eigenvalue weighted by Gasteiger charge is 2.21. The molecule has 4 heteroatoms. The maximum Gasteiger partial charge on any atom is 0.253 e. The summed E-state index contributed by atoms with van der Waals surface area (Å²) in [4.78, 5) is 12.4. The minimum Gasteiger partial charge on any atom is -0.493 e. The summed E-state index contributed by atoms with van der Waals surface area (Å²) < 4.78 is 7.80. The van der Waals surface area contributed by atoms with Crippen LogP contribution in [0.3, 0.4) is 0 Å². The zero-order chi connectivity index (χ0) is 15.7. The average molecular weight is 298 g/mol. The van der Waals surface area contributed by atoms with Crippen LogP contribution >= 0.6 is 0 Å². The fraction of sp³-hybridized carbons (Fsp3) is 0.389. The summed E-state index contributed by atoms with van der Waals surface area (Å²) in [6.45, 7) is 5.28. The number of benzene rings is 1. The maximum atomic E-state index is 12.4. The van der Waals surface area contributed by atoms with Crippen LogP contribution in [-0.4, -0.2) is 23.6 Å². The number of amides is 1. The summed E-state index contributed by atoms with van der Waals surface area (Å²) in [5.74, 6) is 1.30. The summed E-state index contributed by atoms with van der Waals surface area (Å²) in [6, 6.07) is 10.0. The van der Waals surface area contributed by atoms with Crippen molar-refractivity contribution in [3.8, 4) is 5.75 Å². The SMILES string of the molecule is Cc1cc(C(=O)NCC2COc3ccccc3C2)c(C)n1C. The third-order valence-electron chi connectivity index (χ3n) is 4.53. The molecule has 2 heterocycles. The van der Waals surface area contributed by atoms with E-state index in [-0.39, 0.29) is 5.91 Å². The molecule has 1 N–H and O–H groups in total. The second-order valence-electron chi connectivity index (χ2n) is 6.04. The fourth-order valence-corrected chi connectivity index (χ4v) is 2.94. The van der Waals surface area contributed by atoms with Gasteiger partial charge in [-0.3, -0.25) is 4.79 Å². The first-order valence-electron chi connectivity index (χ1n) is 7.68. The van der Waals surface area contributed by atoms with E-state index in [0.717, 1.165) is 29.1 Å². The highest BCUT2D eigenvalue weighted by Crippen LogP contribution is 2.26.